The van der Waals surface area contributed by atoms with Gasteiger partial charge in [-0.1, -0.05) is 6.92 Å². The van der Waals surface area contributed by atoms with E-state index in [2.05, 4.69) is 20.2 Å². The quantitative estimate of drug-likeness (QED) is 0.341. The van der Waals surface area contributed by atoms with Crippen LogP contribution in [0, 0.1) is 0 Å². The molecule has 0 unspecified atom stereocenters. The molecule has 0 radical (unpaired) electrons. The zero-order chi connectivity index (χ0) is 24.8. The molecule has 0 aromatic carbocycles. The van der Waals surface area contributed by atoms with Gasteiger partial charge in [-0.25, -0.2) is 4.79 Å². The number of hydrogen-bond donors (Lipinski definition) is 2. The molecule has 8 nitrogen and oxygen atoms in total. The number of ketones is 1. The molecule has 5 rings (SSSR count). The number of aryl methyl sites for hydroxylation is 1. The lowest BCUT2D eigenvalue weighted by molar-refractivity contribution is -0.191. The number of rotatable bonds is 6. The molecule has 1 aliphatic carbocycles. The molecule has 180 valence electrons. The van der Waals surface area contributed by atoms with E-state index in [9.17, 15) is 9.59 Å². The molecule has 2 N–H and O–H groups in total. The summed E-state index contributed by atoms with van der Waals surface area (Å²) in [6.07, 6.45) is 12.5. The predicted octanol–water partition coefficient (Wildman–Crippen LogP) is 5.36. The van der Waals surface area contributed by atoms with Gasteiger partial charge in [0.1, 0.15) is 10.0 Å². The van der Waals surface area contributed by atoms with Crippen molar-refractivity contribution < 1.29 is 19.2 Å². The van der Waals surface area contributed by atoms with Gasteiger partial charge in [-0.3, -0.25) is 15.1 Å². The Morgan fingerprint density at radius 2 is 1.89 bits per heavy atom. The molecule has 4 aromatic heterocycles. The summed E-state index contributed by atoms with van der Waals surface area (Å²) in [4.78, 5) is 47.3. The third kappa shape index (κ3) is 5.24. The first kappa shape index (κ1) is 24.5. The third-order valence-corrected chi connectivity index (χ3v) is 8.24. The van der Waals surface area contributed by atoms with Crippen molar-refractivity contribution in [1.82, 2.24) is 14.9 Å². The predicted molar refractivity (Wildman–Crippen MR) is 135 cm³/mol. The number of Topliss-reactive ketones (excluding diaryl/α,β-unsaturated/α-hetero) is 1. The number of carbonyl (C=O) groups is 2. The van der Waals surface area contributed by atoms with Crippen LogP contribution in [-0.2, 0) is 29.0 Å². The van der Waals surface area contributed by atoms with Crippen LogP contribution in [0.25, 0.3) is 15.1 Å². The van der Waals surface area contributed by atoms with E-state index in [4.69, 9.17) is 9.59 Å². The summed E-state index contributed by atoms with van der Waals surface area (Å²) in [6.45, 7) is 2.25. The van der Waals surface area contributed by atoms with Crippen molar-refractivity contribution in [1.29, 1.82) is 0 Å². The molecule has 2 amide bonds. The average Bonchev–Trinajstić information content (AvgIpc) is 3.59. The van der Waals surface area contributed by atoms with Gasteiger partial charge in [-0.2, -0.15) is 9.59 Å². The van der Waals surface area contributed by atoms with Crippen LogP contribution in [0.4, 0.5) is 9.80 Å². The van der Waals surface area contributed by atoms with E-state index in [1.54, 1.807) is 28.9 Å². The Balaban J connectivity index is 0.000000917. The lowest BCUT2D eigenvalue weighted by Gasteiger charge is -2.12. The fourth-order valence-corrected chi connectivity index (χ4v) is 6.74. The van der Waals surface area contributed by atoms with Crippen LogP contribution in [0.15, 0.2) is 43.0 Å². The van der Waals surface area contributed by atoms with Crippen molar-refractivity contribution in [3.63, 3.8) is 0 Å². The van der Waals surface area contributed by atoms with E-state index in [-0.39, 0.29) is 18.0 Å². The monoisotopic (exact) mass is 508 g/mol. The highest BCUT2D eigenvalue weighted by Gasteiger charge is 2.25. The van der Waals surface area contributed by atoms with Crippen molar-refractivity contribution in [3.8, 4) is 5.00 Å². The Kier molecular flexibility index (Phi) is 7.87. The molecule has 0 bridgehead atoms. The smallest absolute Gasteiger partial charge is 0.334 e. The van der Waals surface area contributed by atoms with Crippen LogP contribution < -0.4 is 10.6 Å². The molecule has 0 saturated carbocycles. The SMILES string of the molecule is CCC(=O)c1c(NC(=O)NCc2c(-n3cccc3)sc3cnccc23)sc2c1CCCC2.O=C=O. The number of nitrogens with zero attached hydrogens (tertiary/aromatic N) is 2. The second-order valence-corrected chi connectivity index (χ2v) is 10.1. The van der Waals surface area contributed by atoms with Crippen molar-refractivity contribution in [2.75, 3.05) is 5.32 Å². The van der Waals surface area contributed by atoms with Crippen LogP contribution in [0.3, 0.4) is 0 Å². The summed E-state index contributed by atoms with van der Waals surface area (Å²) >= 11 is 3.21. The van der Waals surface area contributed by atoms with E-state index < -0.39 is 0 Å². The van der Waals surface area contributed by atoms with Gasteiger partial charge in [0.25, 0.3) is 0 Å². The number of hydrogen-bond acceptors (Lipinski definition) is 7. The number of urea groups is 1. The summed E-state index contributed by atoms with van der Waals surface area (Å²) in [6, 6.07) is 5.66. The van der Waals surface area contributed by atoms with Gasteiger partial charge in [-0.15, -0.1) is 22.7 Å². The first-order valence-corrected chi connectivity index (χ1v) is 12.9. The molecule has 0 aliphatic heterocycles. The number of anilines is 1. The van der Waals surface area contributed by atoms with Gasteiger partial charge in [0, 0.05) is 53.6 Å². The minimum Gasteiger partial charge on any atom is -0.334 e. The molecule has 35 heavy (non-hydrogen) atoms. The van der Waals surface area contributed by atoms with Crippen LogP contribution in [0.1, 0.15) is 52.5 Å². The maximum atomic E-state index is 12.9. The topological polar surface area (TPSA) is 110 Å². The Labute approximate surface area is 210 Å². The molecule has 4 aromatic rings. The highest BCUT2D eigenvalue weighted by Crippen LogP contribution is 2.39. The molecule has 0 saturated heterocycles. The van der Waals surface area contributed by atoms with Crippen LogP contribution in [0.5, 0.6) is 0 Å². The van der Waals surface area contributed by atoms with Crippen LogP contribution in [-0.4, -0.2) is 27.5 Å². The summed E-state index contributed by atoms with van der Waals surface area (Å²) in [5, 5.41) is 8.82. The summed E-state index contributed by atoms with van der Waals surface area (Å²) in [5.41, 5.74) is 2.92. The number of aromatic nitrogens is 2. The fraction of sp³-hybridized carbons (Fsp3) is 0.280. The second-order valence-electron chi connectivity index (χ2n) is 7.93. The van der Waals surface area contributed by atoms with Gasteiger partial charge >= 0.3 is 12.2 Å². The third-order valence-electron chi connectivity index (χ3n) is 5.84. The number of thiophene rings is 2. The molecule has 1 aliphatic rings. The normalized spacial score (nSPS) is 12.3. The molecular weight excluding hydrogens is 484 g/mol. The number of nitrogens with one attached hydrogen (secondary N) is 2. The first-order chi connectivity index (χ1) is 17.1. The van der Waals surface area contributed by atoms with E-state index in [0.29, 0.717) is 18.0 Å². The lowest BCUT2D eigenvalue weighted by Crippen LogP contribution is -2.28. The number of carbonyl (C=O) groups excluding carboxylic acids is 4. The van der Waals surface area contributed by atoms with E-state index in [1.807, 2.05) is 43.7 Å². The van der Waals surface area contributed by atoms with Gasteiger partial charge in [0.15, 0.2) is 5.78 Å². The molecule has 0 atom stereocenters. The average molecular weight is 509 g/mol. The zero-order valence-corrected chi connectivity index (χ0v) is 20.8. The number of fused-ring (bicyclic) bond motifs is 2. The zero-order valence-electron chi connectivity index (χ0n) is 19.1. The lowest BCUT2D eigenvalue weighted by atomic mass is 9.93. The number of amides is 2. The Morgan fingerprint density at radius 1 is 1.14 bits per heavy atom. The fourth-order valence-electron chi connectivity index (χ4n) is 4.28. The summed E-state index contributed by atoms with van der Waals surface area (Å²) < 4.78 is 3.14. The highest BCUT2D eigenvalue weighted by atomic mass is 32.1. The molecule has 4 heterocycles. The van der Waals surface area contributed by atoms with Crippen LogP contribution in [0.2, 0.25) is 0 Å². The van der Waals surface area contributed by atoms with Gasteiger partial charge in [-0.05, 0) is 49.4 Å². The minimum absolute atomic E-state index is 0.103. The molecule has 0 fully saturated rings. The summed E-state index contributed by atoms with van der Waals surface area (Å²) in [5.74, 6) is 0.103. The second kappa shape index (κ2) is 11.2. The summed E-state index contributed by atoms with van der Waals surface area (Å²) in [7, 11) is 0. The van der Waals surface area contributed by atoms with E-state index in [1.165, 1.54) is 4.88 Å². The Morgan fingerprint density at radius 3 is 2.63 bits per heavy atom. The minimum atomic E-state index is -0.291. The largest absolute Gasteiger partial charge is 0.373 e. The number of pyridine rings is 1. The van der Waals surface area contributed by atoms with Gasteiger partial charge < -0.3 is 9.88 Å². The van der Waals surface area contributed by atoms with Crippen molar-refractivity contribution >= 4 is 55.7 Å². The highest BCUT2D eigenvalue weighted by molar-refractivity contribution is 7.21. The molecule has 0 spiro atoms. The van der Waals surface area contributed by atoms with Crippen molar-refractivity contribution in [3.05, 3.63) is 64.6 Å². The molecular formula is C25H24N4O4S2. The maximum absolute atomic E-state index is 12.9. The molecule has 10 heteroatoms. The Hall–Kier alpha value is -3.59. The Bertz CT molecular complexity index is 1380. The van der Waals surface area contributed by atoms with Gasteiger partial charge in [0.05, 0.1) is 10.3 Å². The van der Waals surface area contributed by atoms with Crippen LogP contribution >= 0.6 is 22.7 Å². The van der Waals surface area contributed by atoms with Crippen molar-refractivity contribution in [2.45, 2.75) is 45.6 Å². The van der Waals surface area contributed by atoms with E-state index in [0.717, 1.165) is 57.5 Å². The van der Waals surface area contributed by atoms with Gasteiger partial charge in [0.2, 0.25) is 0 Å². The maximum Gasteiger partial charge on any atom is 0.373 e. The van der Waals surface area contributed by atoms with Crippen molar-refractivity contribution in [2.24, 2.45) is 0 Å². The first-order valence-electron chi connectivity index (χ1n) is 11.3. The van der Waals surface area contributed by atoms with E-state index >= 15 is 0 Å². The standard InChI is InChI=1S/C24H24N4O2S2.CO2/c1-2-18(29)21-16-7-3-4-8-19(16)31-22(21)27-24(30)26-13-17-15-9-10-25-14-20(15)32-23(17)28-11-5-6-12-28;2-1-3/h5-6,9-12,14H,2-4,7-8,13H2,1H3,(H2,26,27,30);.